The van der Waals surface area contributed by atoms with Gasteiger partial charge in [0.05, 0.1) is 15.7 Å². The summed E-state index contributed by atoms with van der Waals surface area (Å²) < 4.78 is 35.7. The van der Waals surface area contributed by atoms with Crippen molar-refractivity contribution in [1.82, 2.24) is 19.1 Å². The first-order valence-electron chi connectivity index (χ1n) is 11.9. The Labute approximate surface area is 228 Å². The first-order chi connectivity index (χ1) is 17.7. The molecule has 1 saturated heterocycles. The quantitative estimate of drug-likeness (QED) is 0.459. The fourth-order valence-electron chi connectivity index (χ4n) is 6.00. The number of sulfonamides is 1. The maximum absolute atomic E-state index is 13.7. The van der Waals surface area contributed by atoms with E-state index in [1.807, 2.05) is 0 Å². The van der Waals surface area contributed by atoms with Gasteiger partial charge in [0.25, 0.3) is 5.56 Å². The van der Waals surface area contributed by atoms with Gasteiger partial charge in [-0.15, -0.1) is 0 Å². The highest BCUT2D eigenvalue weighted by molar-refractivity contribution is 7.89. The lowest BCUT2D eigenvalue weighted by Crippen LogP contribution is -2.37. The second kappa shape index (κ2) is 9.11. The van der Waals surface area contributed by atoms with Crippen molar-refractivity contribution in [2.45, 2.75) is 51.0 Å². The maximum atomic E-state index is 13.7. The SMILES string of the molecule is CC1(C)CC2CC(C)(CN2S(=O)(=O)c2cc(Oc3c(Cl)cc(-n4ncc(=O)[nH]c4=O)cc3Cl)ccc2O)C1. The molecule has 2 fully saturated rings. The van der Waals surface area contributed by atoms with Crippen LogP contribution in [0.2, 0.25) is 10.0 Å². The third-order valence-corrected chi connectivity index (χ3v) is 9.53. The molecule has 3 aromatic rings. The summed E-state index contributed by atoms with van der Waals surface area (Å²) in [6.07, 6.45) is 3.37. The lowest BCUT2D eigenvalue weighted by Gasteiger charge is -2.39. The fourth-order valence-corrected chi connectivity index (χ4v) is 8.43. The summed E-state index contributed by atoms with van der Waals surface area (Å²) in [5, 5.41) is 14.3. The average Bonchev–Trinajstić information content (AvgIpc) is 3.06. The predicted octanol–water partition coefficient (Wildman–Crippen LogP) is 4.31. The summed E-state index contributed by atoms with van der Waals surface area (Å²) in [7, 11) is -4.04. The zero-order valence-corrected chi connectivity index (χ0v) is 23.2. The Hall–Kier alpha value is -2.86. The van der Waals surface area contributed by atoms with Crippen LogP contribution in [0.15, 0.2) is 51.0 Å². The van der Waals surface area contributed by atoms with Crippen molar-refractivity contribution in [1.29, 1.82) is 0 Å². The lowest BCUT2D eigenvalue weighted by atomic mass is 9.65. The van der Waals surface area contributed by atoms with Crippen LogP contribution in [-0.2, 0) is 10.0 Å². The molecule has 10 nitrogen and oxygen atoms in total. The molecule has 2 bridgehead atoms. The molecule has 38 heavy (non-hydrogen) atoms. The highest BCUT2D eigenvalue weighted by Gasteiger charge is 2.53. The van der Waals surface area contributed by atoms with E-state index < -0.39 is 21.3 Å². The molecule has 5 rings (SSSR count). The second-order valence-electron chi connectivity index (χ2n) is 11.1. The summed E-state index contributed by atoms with van der Waals surface area (Å²) >= 11 is 12.8. The van der Waals surface area contributed by atoms with Gasteiger partial charge < -0.3 is 9.84 Å². The van der Waals surface area contributed by atoms with Crippen LogP contribution >= 0.6 is 23.2 Å². The molecule has 2 heterocycles. The van der Waals surface area contributed by atoms with Crippen LogP contribution in [0, 0.1) is 10.8 Å². The Bertz CT molecular complexity index is 1650. The van der Waals surface area contributed by atoms with Crippen LogP contribution in [0.1, 0.15) is 40.0 Å². The largest absolute Gasteiger partial charge is 0.507 e. The number of fused-ring (bicyclic) bond motifs is 2. The molecule has 202 valence electrons. The van der Waals surface area contributed by atoms with Gasteiger partial charge in [-0.1, -0.05) is 44.0 Å². The van der Waals surface area contributed by atoms with E-state index in [1.165, 1.54) is 34.6 Å². The second-order valence-corrected chi connectivity index (χ2v) is 13.8. The number of aromatic amines is 1. The molecule has 2 aliphatic rings. The normalized spacial score (nSPS) is 22.9. The summed E-state index contributed by atoms with van der Waals surface area (Å²) in [5.41, 5.74) is -1.37. The number of H-pyrrole nitrogens is 1. The lowest BCUT2D eigenvalue weighted by molar-refractivity contribution is 0.133. The van der Waals surface area contributed by atoms with E-state index >= 15 is 0 Å². The van der Waals surface area contributed by atoms with E-state index in [0.29, 0.717) is 6.54 Å². The first-order valence-corrected chi connectivity index (χ1v) is 14.1. The van der Waals surface area contributed by atoms with Crippen molar-refractivity contribution in [3.8, 4) is 22.9 Å². The van der Waals surface area contributed by atoms with Gasteiger partial charge in [-0.2, -0.15) is 14.1 Å². The zero-order chi connectivity index (χ0) is 27.6. The third-order valence-electron chi connectivity index (χ3n) is 7.05. The van der Waals surface area contributed by atoms with Crippen molar-refractivity contribution >= 4 is 33.2 Å². The smallest absolute Gasteiger partial charge is 0.349 e. The standard InChI is InChI=1S/C25H26Cl2N4O6S/c1-24(2)9-15-10-25(3,12-24)13-30(15)38(35,36)20-8-16(4-5-19(20)32)37-22-17(26)6-14(7-18(22)27)31-23(34)29-21(33)11-28-31/h4-8,11,15,32H,9-10,12-13H2,1-3H3,(H,29,33,34). The number of aromatic hydroxyl groups is 1. The van der Waals surface area contributed by atoms with Gasteiger partial charge in [-0.3, -0.25) is 9.78 Å². The highest BCUT2D eigenvalue weighted by Crippen LogP contribution is 2.54. The number of halogens is 2. The van der Waals surface area contributed by atoms with Crippen LogP contribution in [0.3, 0.4) is 0 Å². The third kappa shape index (κ3) is 4.84. The summed E-state index contributed by atoms with van der Waals surface area (Å²) in [4.78, 5) is 25.2. The van der Waals surface area contributed by atoms with E-state index in [-0.39, 0.29) is 54.7 Å². The number of phenolic OH excluding ortho intramolecular Hbond substituents is 1. The van der Waals surface area contributed by atoms with Crippen molar-refractivity contribution in [3.05, 3.63) is 67.4 Å². The van der Waals surface area contributed by atoms with Gasteiger partial charge in [-0.25, -0.2) is 13.2 Å². The topological polar surface area (TPSA) is 135 Å². The zero-order valence-electron chi connectivity index (χ0n) is 20.9. The molecular formula is C25H26Cl2N4O6S. The molecule has 0 radical (unpaired) electrons. The minimum atomic E-state index is -4.04. The molecule has 2 atom stereocenters. The molecule has 0 spiro atoms. The average molecular weight is 581 g/mol. The first kappa shape index (κ1) is 26.7. The van der Waals surface area contributed by atoms with Gasteiger partial charge in [0.1, 0.15) is 22.6 Å². The molecule has 2 N–H and O–H groups in total. The molecule has 1 saturated carbocycles. The molecule has 1 aromatic heterocycles. The number of phenols is 1. The van der Waals surface area contributed by atoms with E-state index in [0.717, 1.165) is 30.1 Å². The Morgan fingerprint density at radius 1 is 1.11 bits per heavy atom. The highest BCUT2D eigenvalue weighted by atomic mass is 35.5. The van der Waals surface area contributed by atoms with Crippen molar-refractivity contribution in [3.63, 3.8) is 0 Å². The van der Waals surface area contributed by atoms with Gasteiger partial charge in [0.15, 0.2) is 5.75 Å². The Morgan fingerprint density at radius 2 is 1.79 bits per heavy atom. The Morgan fingerprint density at radius 3 is 2.45 bits per heavy atom. The summed E-state index contributed by atoms with van der Waals surface area (Å²) in [5.74, 6) is -0.292. The van der Waals surface area contributed by atoms with Crippen LogP contribution in [0.4, 0.5) is 0 Å². The van der Waals surface area contributed by atoms with E-state index in [9.17, 15) is 23.1 Å². The van der Waals surface area contributed by atoms with Gasteiger partial charge >= 0.3 is 5.69 Å². The van der Waals surface area contributed by atoms with Gasteiger partial charge in [0, 0.05) is 18.7 Å². The number of nitrogens with one attached hydrogen (secondary N) is 1. The monoisotopic (exact) mass is 580 g/mol. The molecule has 13 heteroatoms. The van der Waals surface area contributed by atoms with Crippen LogP contribution in [-0.4, -0.2) is 45.2 Å². The number of nitrogens with zero attached hydrogens (tertiary/aromatic N) is 3. The number of benzene rings is 2. The minimum Gasteiger partial charge on any atom is -0.507 e. The minimum absolute atomic E-state index is 0.00776. The van der Waals surface area contributed by atoms with Crippen LogP contribution in [0.5, 0.6) is 17.2 Å². The number of aromatic nitrogens is 3. The summed E-state index contributed by atoms with van der Waals surface area (Å²) in [6, 6.07) is 6.46. The summed E-state index contributed by atoms with van der Waals surface area (Å²) in [6.45, 7) is 6.80. The molecule has 2 aromatic carbocycles. The maximum Gasteiger partial charge on any atom is 0.349 e. The van der Waals surface area contributed by atoms with E-state index in [2.05, 4.69) is 30.9 Å². The molecular weight excluding hydrogens is 555 g/mol. The predicted molar refractivity (Wildman–Crippen MR) is 142 cm³/mol. The molecule has 0 amide bonds. The molecule has 1 aliphatic heterocycles. The number of hydrogen-bond acceptors (Lipinski definition) is 7. The van der Waals surface area contributed by atoms with Gasteiger partial charge in [-0.05, 0) is 54.4 Å². The van der Waals surface area contributed by atoms with Crippen LogP contribution in [0.25, 0.3) is 5.69 Å². The van der Waals surface area contributed by atoms with E-state index in [1.54, 1.807) is 0 Å². The van der Waals surface area contributed by atoms with Crippen molar-refractivity contribution in [2.24, 2.45) is 10.8 Å². The Kier molecular flexibility index (Phi) is 6.41. The molecule has 1 aliphatic carbocycles. The van der Waals surface area contributed by atoms with Gasteiger partial charge in [0.2, 0.25) is 10.0 Å². The number of rotatable bonds is 5. The van der Waals surface area contributed by atoms with Crippen LogP contribution < -0.4 is 16.0 Å². The van der Waals surface area contributed by atoms with E-state index in [4.69, 9.17) is 27.9 Å². The Balaban J connectivity index is 1.47. The fraction of sp³-hybridized carbons (Fsp3) is 0.400. The molecule has 2 unspecified atom stereocenters. The van der Waals surface area contributed by atoms with Crippen molar-refractivity contribution in [2.75, 3.05) is 6.54 Å². The van der Waals surface area contributed by atoms with Crippen molar-refractivity contribution < 1.29 is 18.3 Å². The number of hydrogen-bond donors (Lipinski definition) is 2. The number of ether oxygens (including phenoxy) is 1.